The van der Waals surface area contributed by atoms with Gasteiger partial charge >= 0.3 is 0 Å². The highest BCUT2D eigenvalue weighted by Crippen LogP contribution is 2.27. The van der Waals surface area contributed by atoms with Crippen molar-refractivity contribution in [2.24, 2.45) is 0 Å². The summed E-state index contributed by atoms with van der Waals surface area (Å²) in [6, 6.07) is 9.39. The van der Waals surface area contributed by atoms with Gasteiger partial charge in [0.15, 0.2) is 0 Å². The standard InChI is InChI=1S/C15H23NO/c1-15(2,17-3)13-9-7-12(8-10-13)14-6-4-5-11-16-14/h7-10,14,16H,4-6,11H2,1-3H3. The van der Waals surface area contributed by atoms with Gasteiger partial charge in [0.25, 0.3) is 0 Å². The molecule has 0 amide bonds. The molecular weight excluding hydrogens is 210 g/mol. The van der Waals surface area contributed by atoms with E-state index in [0.29, 0.717) is 6.04 Å². The Morgan fingerprint density at radius 1 is 1.18 bits per heavy atom. The first-order valence-electron chi connectivity index (χ1n) is 6.52. The Morgan fingerprint density at radius 2 is 1.88 bits per heavy atom. The van der Waals surface area contributed by atoms with Crippen LogP contribution in [0, 0.1) is 0 Å². The van der Waals surface area contributed by atoms with Gasteiger partial charge in [-0.15, -0.1) is 0 Å². The fourth-order valence-corrected chi connectivity index (χ4v) is 2.37. The second-order valence-electron chi connectivity index (χ2n) is 5.34. The average Bonchev–Trinajstić information content (AvgIpc) is 2.40. The number of ether oxygens (including phenoxy) is 1. The number of methoxy groups -OCH3 is 1. The fraction of sp³-hybridized carbons (Fsp3) is 0.600. The predicted molar refractivity (Wildman–Crippen MR) is 71.1 cm³/mol. The van der Waals surface area contributed by atoms with Crippen molar-refractivity contribution in [1.29, 1.82) is 0 Å². The van der Waals surface area contributed by atoms with Crippen molar-refractivity contribution in [3.63, 3.8) is 0 Å². The molecule has 0 aliphatic carbocycles. The van der Waals surface area contributed by atoms with Crippen LogP contribution >= 0.6 is 0 Å². The first-order valence-corrected chi connectivity index (χ1v) is 6.52. The zero-order valence-corrected chi connectivity index (χ0v) is 11.1. The molecule has 2 rings (SSSR count). The molecule has 1 unspecified atom stereocenters. The van der Waals surface area contributed by atoms with E-state index >= 15 is 0 Å². The molecule has 1 aromatic rings. The molecule has 1 heterocycles. The second-order valence-corrected chi connectivity index (χ2v) is 5.34. The highest BCUT2D eigenvalue weighted by atomic mass is 16.5. The predicted octanol–water partition coefficient (Wildman–Crippen LogP) is 3.38. The molecule has 1 fully saturated rings. The van der Waals surface area contributed by atoms with Gasteiger partial charge in [-0.25, -0.2) is 0 Å². The molecule has 2 heteroatoms. The SMILES string of the molecule is COC(C)(C)c1ccc(C2CCCCN2)cc1. The summed E-state index contributed by atoms with van der Waals surface area (Å²) >= 11 is 0. The first-order chi connectivity index (χ1) is 8.13. The third-order valence-corrected chi connectivity index (χ3v) is 3.83. The van der Waals surface area contributed by atoms with E-state index < -0.39 is 0 Å². The summed E-state index contributed by atoms with van der Waals surface area (Å²) in [6.07, 6.45) is 3.90. The smallest absolute Gasteiger partial charge is 0.0871 e. The number of hydrogen-bond donors (Lipinski definition) is 1. The summed E-state index contributed by atoms with van der Waals surface area (Å²) in [5.74, 6) is 0. The molecule has 0 saturated carbocycles. The maximum absolute atomic E-state index is 5.49. The molecule has 94 valence electrons. The van der Waals surface area contributed by atoms with Crippen LogP contribution in [0.3, 0.4) is 0 Å². The summed E-state index contributed by atoms with van der Waals surface area (Å²) in [4.78, 5) is 0. The van der Waals surface area contributed by atoms with E-state index in [9.17, 15) is 0 Å². The van der Waals surface area contributed by atoms with Gasteiger partial charge in [0.05, 0.1) is 5.60 Å². The fourth-order valence-electron chi connectivity index (χ4n) is 2.37. The van der Waals surface area contributed by atoms with Crippen molar-refractivity contribution in [3.05, 3.63) is 35.4 Å². The summed E-state index contributed by atoms with van der Waals surface area (Å²) in [5.41, 5.74) is 2.44. The van der Waals surface area contributed by atoms with E-state index in [2.05, 4.69) is 43.4 Å². The molecule has 2 nitrogen and oxygen atoms in total. The monoisotopic (exact) mass is 233 g/mol. The van der Waals surface area contributed by atoms with E-state index in [1.54, 1.807) is 7.11 Å². The van der Waals surface area contributed by atoms with E-state index in [0.717, 1.165) is 6.54 Å². The van der Waals surface area contributed by atoms with Crippen LogP contribution in [0.1, 0.15) is 50.3 Å². The van der Waals surface area contributed by atoms with Gasteiger partial charge in [-0.2, -0.15) is 0 Å². The molecule has 17 heavy (non-hydrogen) atoms. The van der Waals surface area contributed by atoms with Gasteiger partial charge in [0, 0.05) is 13.2 Å². The minimum absolute atomic E-state index is 0.196. The molecule has 1 saturated heterocycles. The Kier molecular flexibility index (Phi) is 3.85. The van der Waals surface area contributed by atoms with E-state index in [4.69, 9.17) is 4.74 Å². The maximum Gasteiger partial charge on any atom is 0.0871 e. The van der Waals surface area contributed by atoms with Gasteiger partial charge in [0.2, 0.25) is 0 Å². The minimum atomic E-state index is -0.196. The molecular formula is C15H23NO. The zero-order valence-electron chi connectivity index (χ0n) is 11.1. The van der Waals surface area contributed by atoms with Crippen molar-refractivity contribution in [1.82, 2.24) is 5.32 Å². The molecule has 1 aromatic carbocycles. The number of benzene rings is 1. The van der Waals surface area contributed by atoms with Gasteiger partial charge < -0.3 is 10.1 Å². The van der Waals surface area contributed by atoms with E-state index in [1.165, 1.54) is 30.4 Å². The molecule has 0 aromatic heterocycles. The lowest BCUT2D eigenvalue weighted by Crippen LogP contribution is -2.27. The van der Waals surface area contributed by atoms with E-state index in [-0.39, 0.29) is 5.60 Å². The lowest BCUT2D eigenvalue weighted by molar-refractivity contribution is 0.0192. The van der Waals surface area contributed by atoms with Gasteiger partial charge in [-0.3, -0.25) is 0 Å². The number of nitrogens with one attached hydrogen (secondary N) is 1. The Hall–Kier alpha value is -0.860. The molecule has 1 atom stereocenters. The number of piperidine rings is 1. The number of rotatable bonds is 3. The summed E-state index contributed by atoms with van der Waals surface area (Å²) in [7, 11) is 1.76. The molecule has 0 spiro atoms. The lowest BCUT2D eigenvalue weighted by Gasteiger charge is -2.26. The van der Waals surface area contributed by atoms with Crippen molar-refractivity contribution in [2.75, 3.05) is 13.7 Å². The Labute approximate surface area is 104 Å². The van der Waals surface area contributed by atoms with Crippen molar-refractivity contribution >= 4 is 0 Å². The Morgan fingerprint density at radius 3 is 2.41 bits per heavy atom. The maximum atomic E-state index is 5.49. The third-order valence-electron chi connectivity index (χ3n) is 3.83. The van der Waals surface area contributed by atoms with Crippen LogP contribution in [0.15, 0.2) is 24.3 Å². The summed E-state index contributed by atoms with van der Waals surface area (Å²) in [6.45, 7) is 5.34. The molecule has 1 aliphatic heterocycles. The molecule has 1 N–H and O–H groups in total. The number of hydrogen-bond acceptors (Lipinski definition) is 2. The van der Waals surface area contributed by atoms with Crippen LogP contribution in [0.5, 0.6) is 0 Å². The largest absolute Gasteiger partial charge is 0.374 e. The highest BCUT2D eigenvalue weighted by molar-refractivity contribution is 5.28. The summed E-state index contributed by atoms with van der Waals surface area (Å²) in [5, 5.41) is 3.58. The Bertz CT molecular complexity index is 350. The average molecular weight is 233 g/mol. The van der Waals surface area contributed by atoms with Crippen LogP contribution in [0.25, 0.3) is 0 Å². The van der Waals surface area contributed by atoms with Crippen molar-refractivity contribution in [3.8, 4) is 0 Å². The van der Waals surface area contributed by atoms with Gasteiger partial charge in [0.1, 0.15) is 0 Å². The van der Waals surface area contributed by atoms with Crippen LogP contribution in [-0.2, 0) is 10.3 Å². The van der Waals surface area contributed by atoms with Crippen LogP contribution in [0.4, 0.5) is 0 Å². The lowest BCUT2D eigenvalue weighted by atomic mass is 9.93. The molecule has 0 bridgehead atoms. The first kappa shape index (κ1) is 12.6. The quantitative estimate of drug-likeness (QED) is 0.864. The van der Waals surface area contributed by atoms with Crippen LogP contribution in [-0.4, -0.2) is 13.7 Å². The van der Waals surface area contributed by atoms with Crippen LogP contribution in [0.2, 0.25) is 0 Å². The molecule has 0 radical (unpaired) electrons. The molecule has 1 aliphatic rings. The zero-order chi connectivity index (χ0) is 12.3. The Balaban J connectivity index is 2.12. The van der Waals surface area contributed by atoms with Crippen molar-refractivity contribution in [2.45, 2.75) is 44.8 Å². The normalized spacial score (nSPS) is 21.5. The summed E-state index contributed by atoms with van der Waals surface area (Å²) < 4.78 is 5.49. The highest BCUT2D eigenvalue weighted by Gasteiger charge is 2.20. The minimum Gasteiger partial charge on any atom is -0.374 e. The topological polar surface area (TPSA) is 21.3 Å². The van der Waals surface area contributed by atoms with Crippen LogP contribution < -0.4 is 5.32 Å². The van der Waals surface area contributed by atoms with Gasteiger partial charge in [-0.1, -0.05) is 30.7 Å². The van der Waals surface area contributed by atoms with E-state index in [1.807, 2.05) is 0 Å². The second kappa shape index (κ2) is 5.19. The van der Waals surface area contributed by atoms with Gasteiger partial charge in [-0.05, 0) is 44.4 Å². The van der Waals surface area contributed by atoms with Crippen molar-refractivity contribution < 1.29 is 4.74 Å². The third kappa shape index (κ3) is 2.88.